The van der Waals surface area contributed by atoms with Crippen LogP contribution in [0, 0.1) is 5.92 Å². The van der Waals surface area contributed by atoms with Gasteiger partial charge >= 0.3 is 0 Å². The molecule has 0 bridgehead atoms. The van der Waals surface area contributed by atoms with Crippen molar-refractivity contribution in [3.63, 3.8) is 0 Å². The number of hydrogen-bond donors (Lipinski definition) is 2. The summed E-state index contributed by atoms with van der Waals surface area (Å²) in [6.07, 6.45) is 1.06. The highest BCUT2D eigenvalue weighted by Crippen LogP contribution is 2.10. The Labute approximate surface area is 117 Å². The van der Waals surface area contributed by atoms with Gasteiger partial charge in [0.05, 0.1) is 6.54 Å². The third-order valence-corrected chi connectivity index (χ3v) is 2.93. The van der Waals surface area contributed by atoms with E-state index in [-0.39, 0.29) is 0 Å². The standard InChI is InChI=1S/C16H27N3/c1-5-14-9-7-8-10-15(14)12-19-16(17-6-2)18-11-13(3)4/h7-10,13H,5-6,11-12H2,1-4H3,(H2,17,18,19). The van der Waals surface area contributed by atoms with Crippen LogP contribution in [-0.2, 0) is 13.0 Å². The van der Waals surface area contributed by atoms with E-state index in [4.69, 9.17) is 0 Å². The van der Waals surface area contributed by atoms with Gasteiger partial charge < -0.3 is 10.6 Å². The Kier molecular flexibility index (Phi) is 7.01. The number of aryl methyl sites for hydroxylation is 1. The highest BCUT2D eigenvalue weighted by molar-refractivity contribution is 5.79. The van der Waals surface area contributed by atoms with Crippen molar-refractivity contribution in [1.29, 1.82) is 0 Å². The Bertz CT molecular complexity index is 397. The number of guanidine groups is 1. The molecule has 0 heterocycles. The van der Waals surface area contributed by atoms with Crippen molar-refractivity contribution in [3.05, 3.63) is 35.4 Å². The van der Waals surface area contributed by atoms with E-state index >= 15 is 0 Å². The fourth-order valence-electron chi connectivity index (χ4n) is 1.86. The van der Waals surface area contributed by atoms with E-state index in [9.17, 15) is 0 Å². The topological polar surface area (TPSA) is 36.4 Å². The first-order valence-corrected chi connectivity index (χ1v) is 7.26. The first-order valence-electron chi connectivity index (χ1n) is 7.26. The number of benzene rings is 1. The minimum Gasteiger partial charge on any atom is -0.357 e. The number of aliphatic imine (C=N–C) groups is 1. The molecule has 1 rings (SSSR count). The Morgan fingerprint density at radius 3 is 2.37 bits per heavy atom. The van der Waals surface area contributed by atoms with Gasteiger partial charge in [-0.25, -0.2) is 4.99 Å². The van der Waals surface area contributed by atoms with Gasteiger partial charge in [0.2, 0.25) is 0 Å². The first-order chi connectivity index (χ1) is 9.17. The molecule has 1 aromatic carbocycles. The van der Waals surface area contributed by atoms with Gasteiger partial charge in [-0.1, -0.05) is 45.0 Å². The molecule has 0 saturated carbocycles. The van der Waals surface area contributed by atoms with Crippen LogP contribution >= 0.6 is 0 Å². The molecule has 0 aromatic heterocycles. The van der Waals surface area contributed by atoms with Gasteiger partial charge in [-0.15, -0.1) is 0 Å². The van der Waals surface area contributed by atoms with Gasteiger partial charge in [-0.05, 0) is 30.4 Å². The highest BCUT2D eigenvalue weighted by atomic mass is 15.2. The van der Waals surface area contributed by atoms with Crippen LogP contribution in [0.15, 0.2) is 29.3 Å². The van der Waals surface area contributed by atoms with Crippen molar-refractivity contribution in [3.8, 4) is 0 Å². The lowest BCUT2D eigenvalue weighted by atomic mass is 10.1. The van der Waals surface area contributed by atoms with E-state index in [0.29, 0.717) is 5.92 Å². The molecule has 0 spiro atoms. The normalized spacial score (nSPS) is 11.7. The highest BCUT2D eigenvalue weighted by Gasteiger charge is 2.01. The quantitative estimate of drug-likeness (QED) is 0.610. The summed E-state index contributed by atoms with van der Waals surface area (Å²) < 4.78 is 0. The SMILES string of the molecule is CCNC(=NCc1ccccc1CC)NCC(C)C. The molecule has 0 aliphatic rings. The lowest BCUT2D eigenvalue weighted by Crippen LogP contribution is -2.39. The number of nitrogens with zero attached hydrogens (tertiary/aromatic N) is 1. The van der Waals surface area contributed by atoms with E-state index in [1.807, 2.05) is 0 Å². The van der Waals surface area contributed by atoms with Crippen molar-refractivity contribution in [2.45, 2.75) is 40.7 Å². The maximum absolute atomic E-state index is 4.66. The van der Waals surface area contributed by atoms with Crippen LogP contribution in [-0.4, -0.2) is 19.0 Å². The lowest BCUT2D eigenvalue weighted by molar-refractivity contribution is 0.615. The van der Waals surface area contributed by atoms with Crippen LogP contribution in [0.4, 0.5) is 0 Å². The van der Waals surface area contributed by atoms with Gasteiger partial charge in [0.25, 0.3) is 0 Å². The zero-order valence-corrected chi connectivity index (χ0v) is 12.7. The molecule has 0 unspecified atom stereocenters. The second kappa shape index (κ2) is 8.57. The third kappa shape index (κ3) is 5.77. The molecule has 0 radical (unpaired) electrons. The van der Waals surface area contributed by atoms with Gasteiger partial charge in [-0.2, -0.15) is 0 Å². The molecule has 106 valence electrons. The number of rotatable bonds is 6. The van der Waals surface area contributed by atoms with E-state index in [2.05, 4.69) is 67.6 Å². The largest absolute Gasteiger partial charge is 0.357 e. The van der Waals surface area contributed by atoms with E-state index in [0.717, 1.165) is 32.0 Å². The van der Waals surface area contributed by atoms with Gasteiger partial charge in [0.1, 0.15) is 0 Å². The minimum atomic E-state index is 0.617. The summed E-state index contributed by atoms with van der Waals surface area (Å²) in [4.78, 5) is 4.66. The van der Waals surface area contributed by atoms with Crippen LogP contribution in [0.2, 0.25) is 0 Å². The van der Waals surface area contributed by atoms with Crippen molar-refractivity contribution >= 4 is 5.96 Å². The summed E-state index contributed by atoms with van der Waals surface area (Å²) >= 11 is 0. The molecule has 0 aliphatic carbocycles. The molecule has 0 fully saturated rings. The predicted molar refractivity (Wildman–Crippen MR) is 83.5 cm³/mol. The molecule has 3 heteroatoms. The van der Waals surface area contributed by atoms with Crippen molar-refractivity contribution in [1.82, 2.24) is 10.6 Å². The van der Waals surface area contributed by atoms with Gasteiger partial charge in [0.15, 0.2) is 5.96 Å². The van der Waals surface area contributed by atoms with Gasteiger partial charge in [0, 0.05) is 13.1 Å². The molecule has 2 N–H and O–H groups in total. The van der Waals surface area contributed by atoms with E-state index in [1.165, 1.54) is 11.1 Å². The Balaban J connectivity index is 2.68. The fraction of sp³-hybridized carbons (Fsp3) is 0.562. The molecule has 3 nitrogen and oxygen atoms in total. The van der Waals surface area contributed by atoms with Crippen molar-refractivity contribution in [2.24, 2.45) is 10.9 Å². The maximum Gasteiger partial charge on any atom is 0.191 e. The Morgan fingerprint density at radius 2 is 1.79 bits per heavy atom. The van der Waals surface area contributed by atoms with E-state index < -0.39 is 0 Å². The zero-order chi connectivity index (χ0) is 14.1. The minimum absolute atomic E-state index is 0.617. The van der Waals surface area contributed by atoms with Crippen LogP contribution in [0.1, 0.15) is 38.8 Å². The van der Waals surface area contributed by atoms with Crippen LogP contribution < -0.4 is 10.6 Å². The van der Waals surface area contributed by atoms with Crippen molar-refractivity contribution < 1.29 is 0 Å². The summed E-state index contributed by atoms with van der Waals surface area (Å²) in [5.41, 5.74) is 2.69. The molecule has 0 amide bonds. The summed E-state index contributed by atoms with van der Waals surface area (Å²) in [6.45, 7) is 11.2. The Morgan fingerprint density at radius 1 is 1.11 bits per heavy atom. The number of nitrogens with one attached hydrogen (secondary N) is 2. The fourth-order valence-corrected chi connectivity index (χ4v) is 1.86. The van der Waals surface area contributed by atoms with Gasteiger partial charge in [-0.3, -0.25) is 0 Å². The van der Waals surface area contributed by atoms with E-state index in [1.54, 1.807) is 0 Å². The summed E-state index contributed by atoms with van der Waals surface area (Å²) in [6, 6.07) is 8.51. The average molecular weight is 261 g/mol. The molecule has 0 atom stereocenters. The monoisotopic (exact) mass is 261 g/mol. The Hall–Kier alpha value is -1.51. The molecule has 19 heavy (non-hydrogen) atoms. The second-order valence-corrected chi connectivity index (χ2v) is 5.09. The first kappa shape index (κ1) is 15.5. The molecule has 0 aliphatic heterocycles. The lowest BCUT2D eigenvalue weighted by Gasteiger charge is -2.13. The van der Waals surface area contributed by atoms with Crippen LogP contribution in [0.25, 0.3) is 0 Å². The zero-order valence-electron chi connectivity index (χ0n) is 12.7. The molecule has 0 saturated heterocycles. The predicted octanol–water partition coefficient (Wildman–Crippen LogP) is 2.96. The average Bonchev–Trinajstić information content (AvgIpc) is 2.42. The maximum atomic E-state index is 4.66. The third-order valence-electron chi connectivity index (χ3n) is 2.93. The smallest absolute Gasteiger partial charge is 0.191 e. The summed E-state index contributed by atoms with van der Waals surface area (Å²) in [5.74, 6) is 1.52. The van der Waals surface area contributed by atoms with Crippen LogP contribution in [0.5, 0.6) is 0 Å². The second-order valence-electron chi connectivity index (χ2n) is 5.09. The number of hydrogen-bond acceptors (Lipinski definition) is 1. The summed E-state index contributed by atoms with van der Waals surface area (Å²) in [7, 11) is 0. The molecule has 1 aromatic rings. The summed E-state index contributed by atoms with van der Waals surface area (Å²) in [5, 5.41) is 6.65. The molecular formula is C16H27N3. The van der Waals surface area contributed by atoms with Crippen LogP contribution in [0.3, 0.4) is 0 Å². The van der Waals surface area contributed by atoms with Crippen molar-refractivity contribution in [2.75, 3.05) is 13.1 Å². The molecular weight excluding hydrogens is 234 g/mol.